The lowest BCUT2D eigenvalue weighted by Gasteiger charge is -1.90. The third kappa shape index (κ3) is 7.48. The molecular formula is C10H18. The van der Waals surface area contributed by atoms with Gasteiger partial charge in [-0.05, 0) is 40.5 Å². The summed E-state index contributed by atoms with van der Waals surface area (Å²) >= 11 is 0. The Morgan fingerprint density at radius 1 is 0.800 bits per heavy atom. The molecular weight excluding hydrogens is 120 g/mol. The van der Waals surface area contributed by atoms with Crippen molar-refractivity contribution in [2.75, 3.05) is 0 Å². The molecule has 58 valence electrons. The Bertz CT molecular complexity index is 112. The highest BCUT2D eigenvalue weighted by molar-refractivity contribution is 4.98. The summed E-state index contributed by atoms with van der Waals surface area (Å²) in [4.78, 5) is 0. The highest BCUT2D eigenvalue weighted by Gasteiger charge is 1.79. The van der Waals surface area contributed by atoms with Gasteiger partial charge in [0.1, 0.15) is 0 Å². The van der Waals surface area contributed by atoms with Gasteiger partial charge < -0.3 is 0 Å². The van der Waals surface area contributed by atoms with E-state index in [2.05, 4.69) is 39.8 Å². The van der Waals surface area contributed by atoms with Crippen molar-refractivity contribution in [1.82, 2.24) is 0 Å². The van der Waals surface area contributed by atoms with Crippen molar-refractivity contribution in [3.8, 4) is 0 Å². The molecule has 0 N–H and O–H groups in total. The summed E-state index contributed by atoms with van der Waals surface area (Å²) < 4.78 is 0. The third-order valence-electron chi connectivity index (χ3n) is 1.27. The first-order valence-corrected chi connectivity index (χ1v) is 3.89. The fourth-order valence-electron chi connectivity index (χ4n) is 0.744. The largest absolute Gasteiger partial charge is 0.0856 e. The van der Waals surface area contributed by atoms with Gasteiger partial charge in [0.15, 0.2) is 0 Å². The maximum absolute atomic E-state index is 2.28. The average Bonchev–Trinajstić information content (AvgIpc) is 1.79. The van der Waals surface area contributed by atoms with Crippen LogP contribution < -0.4 is 0 Å². The first kappa shape index (κ1) is 9.48. The number of rotatable bonds is 3. The van der Waals surface area contributed by atoms with Gasteiger partial charge in [-0.1, -0.05) is 23.3 Å². The van der Waals surface area contributed by atoms with Crippen LogP contribution in [0.25, 0.3) is 0 Å². The second-order valence-electron chi connectivity index (χ2n) is 3.14. The summed E-state index contributed by atoms with van der Waals surface area (Å²) in [5.74, 6) is 0. The van der Waals surface area contributed by atoms with E-state index in [1.807, 2.05) is 0 Å². The van der Waals surface area contributed by atoms with Gasteiger partial charge in [0.25, 0.3) is 0 Å². The summed E-state index contributed by atoms with van der Waals surface area (Å²) in [5, 5.41) is 0. The second kappa shape index (κ2) is 5.28. The molecule has 0 aliphatic carbocycles. The van der Waals surface area contributed by atoms with E-state index in [0.717, 1.165) is 0 Å². The maximum atomic E-state index is 2.28. The minimum absolute atomic E-state index is 1.19. The highest BCUT2D eigenvalue weighted by Crippen LogP contribution is 2.00. The first-order chi connectivity index (χ1) is 4.63. The monoisotopic (exact) mass is 138 g/mol. The molecule has 0 aromatic carbocycles. The quantitative estimate of drug-likeness (QED) is 0.412. The standard InChI is InChI=1S/C10H18/c1-9(2)7-5-6-8-10(3)4/h7-8H,5-6H2,1-4H3. The van der Waals surface area contributed by atoms with E-state index >= 15 is 0 Å². The van der Waals surface area contributed by atoms with Gasteiger partial charge >= 0.3 is 0 Å². The number of hydrogen-bond acceptors (Lipinski definition) is 0. The van der Waals surface area contributed by atoms with Gasteiger partial charge in [-0.3, -0.25) is 0 Å². The number of allylic oxidation sites excluding steroid dienone is 4. The Kier molecular flexibility index (Phi) is 5.00. The minimum atomic E-state index is 1.19. The van der Waals surface area contributed by atoms with Crippen LogP contribution in [0.1, 0.15) is 40.5 Å². The Morgan fingerprint density at radius 3 is 1.30 bits per heavy atom. The first-order valence-electron chi connectivity index (χ1n) is 3.89. The maximum Gasteiger partial charge on any atom is -0.0313 e. The van der Waals surface area contributed by atoms with Crippen molar-refractivity contribution in [2.45, 2.75) is 40.5 Å². The van der Waals surface area contributed by atoms with Gasteiger partial charge in [-0.15, -0.1) is 0 Å². The molecule has 0 spiro atoms. The third-order valence-corrected chi connectivity index (χ3v) is 1.27. The normalized spacial score (nSPS) is 8.80. The zero-order valence-electron chi connectivity index (χ0n) is 7.57. The lowest BCUT2D eigenvalue weighted by molar-refractivity contribution is 1.02. The molecule has 0 heterocycles. The van der Waals surface area contributed by atoms with Gasteiger partial charge in [0, 0.05) is 0 Å². The highest BCUT2D eigenvalue weighted by atomic mass is 13.9. The topological polar surface area (TPSA) is 0 Å². The Morgan fingerprint density at radius 2 is 1.10 bits per heavy atom. The van der Waals surface area contributed by atoms with Crippen molar-refractivity contribution in [3.05, 3.63) is 23.3 Å². The van der Waals surface area contributed by atoms with Crippen molar-refractivity contribution in [3.63, 3.8) is 0 Å². The summed E-state index contributed by atoms with van der Waals surface area (Å²) in [6, 6.07) is 0. The molecule has 0 saturated carbocycles. The van der Waals surface area contributed by atoms with Crippen LogP contribution in [0.15, 0.2) is 23.3 Å². The van der Waals surface area contributed by atoms with Crippen molar-refractivity contribution in [1.29, 1.82) is 0 Å². The molecule has 10 heavy (non-hydrogen) atoms. The molecule has 0 rings (SSSR count). The van der Waals surface area contributed by atoms with Crippen molar-refractivity contribution < 1.29 is 0 Å². The lowest BCUT2D eigenvalue weighted by Crippen LogP contribution is -1.69. The number of hydrogen-bond donors (Lipinski definition) is 0. The van der Waals surface area contributed by atoms with E-state index < -0.39 is 0 Å². The summed E-state index contributed by atoms with van der Waals surface area (Å²) in [7, 11) is 0. The van der Waals surface area contributed by atoms with Crippen LogP contribution in [-0.2, 0) is 0 Å². The molecule has 0 saturated heterocycles. The van der Waals surface area contributed by atoms with Crippen LogP contribution >= 0.6 is 0 Å². The van der Waals surface area contributed by atoms with Crippen LogP contribution in [0, 0.1) is 0 Å². The van der Waals surface area contributed by atoms with E-state index in [-0.39, 0.29) is 0 Å². The molecule has 0 amide bonds. The summed E-state index contributed by atoms with van der Waals surface area (Å²) in [5.41, 5.74) is 2.84. The smallest absolute Gasteiger partial charge is 0.0313 e. The predicted molar refractivity (Wildman–Crippen MR) is 48.1 cm³/mol. The van der Waals surface area contributed by atoms with E-state index in [4.69, 9.17) is 0 Å². The molecule has 0 atom stereocenters. The minimum Gasteiger partial charge on any atom is -0.0856 e. The van der Waals surface area contributed by atoms with E-state index in [1.54, 1.807) is 0 Å². The summed E-state index contributed by atoms with van der Waals surface area (Å²) in [6.45, 7) is 8.57. The predicted octanol–water partition coefficient (Wildman–Crippen LogP) is 3.70. The average molecular weight is 138 g/mol. The Balaban J connectivity index is 3.39. The van der Waals surface area contributed by atoms with Gasteiger partial charge in [0.2, 0.25) is 0 Å². The SMILES string of the molecule is CC(C)=CCCC=C(C)C. The molecule has 0 aliphatic heterocycles. The molecule has 0 aromatic heterocycles. The fraction of sp³-hybridized carbons (Fsp3) is 0.600. The summed E-state index contributed by atoms with van der Waals surface area (Å²) in [6.07, 6.45) is 6.93. The Labute approximate surface area is 64.6 Å². The van der Waals surface area contributed by atoms with Gasteiger partial charge in [-0.25, -0.2) is 0 Å². The van der Waals surface area contributed by atoms with Crippen molar-refractivity contribution >= 4 is 0 Å². The molecule has 0 bridgehead atoms. The molecule has 0 aromatic rings. The molecule has 0 fully saturated rings. The zero-order chi connectivity index (χ0) is 7.98. The number of unbranched alkanes of at least 4 members (excludes halogenated alkanes) is 1. The van der Waals surface area contributed by atoms with Crippen LogP contribution in [-0.4, -0.2) is 0 Å². The van der Waals surface area contributed by atoms with E-state index in [1.165, 1.54) is 24.0 Å². The molecule has 0 radical (unpaired) electrons. The fourth-order valence-corrected chi connectivity index (χ4v) is 0.744. The van der Waals surface area contributed by atoms with Crippen LogP contribution in [0.3, 0.4) is 0 Å². The Hall–Kier alpha value is -0.520. The van der Waals surface area contributed by atoms with E-state index in [0.29, 0.717) is 0 Å². The van der Waals surface area contributed by atoms with Gasteiger partial charge in [-0.2, -0.15) is 0 Å². The second-order valence-corrected chi connectivity index (χ2v) is 3.14. The van der Waals surface area contributed by atoms with Crippen LogP contribution in [0.5, 0.6) is 0 Å². The van der Waals surface area contributed by atoms with E-state index in [9.17, 15) is 0 Å². The molecule has 0 unspecified atom stereocenters. The zero-order valence-corrected chi connectivity index (χ0v) is 7.57. The lowest BCUT2D eigenvalue weighted by atomic mass is 10.2. The van der Waals surface area contributed by atoms with Crippen LogP contribution in [0.2, 0.25) is 0 Å². The van der Waals surface area contributed by atoms with Crippen molar-refractivity contribution in [2.24, 2.45) is 0 Å². The molecule has 0 nitrogen and oxygen atoms in total. The molecule has 0 aliphatic rings. The van der Waals surface area contributed by atoms with Gasteiger partial charge in [0.05, 0.1) is 0 Å². The molecule has 0 heteroatoms. The van der Waals surface area contributed by atoms with Crippen LogP contribution in [0.4, 0.5) is 0 Å².